The number of furan rings is 1. The molecular weight excluding hydrogens is 663 g/mol. The topological polar surface area (TPSA) is 53.1 Å². The molecule has 4 heterocycles. The maximum atomic E-state index is 6.79. The van der Waals surface area contributed by atoms with Crippen molar-refractivity contribution in [1.82, 2.24) is 14.5 Å². The highest BCUT2D eigenvalue weighted by molar-refractivity contribution is 6.21. The van der Waals surface area contributed by atoms with Gasteiger partial charge in [0.05, 0.1) is 11.2 Å². The molecule has 1 aliphatic carbocycles. The van der Waals surface area contributed by atoms with Gasteiger partial charge in [0.2, 0.25) is 5.88 Å². The van der Waals surface area contributed by atoms with E-state index < -0.39 is 0 Å². The normalized spacial score (nSPS) is 14.1. The molecule has 0 N–H and O–H groups in total. The fourth-order valence-electron chi connectivity index (χ4n) is 8.61. The van der Waals surface area contributed by atoms with Crippen molar-refractivity contribution in [3.8, 4) is 28.6 Å². The lowest BCUT2D eigenvalue weighted by molar-refractivity contribution is 0.465. The predicted molar refractivity (Wildman–Crippen MR) is 219 cm³/mol. The van der Waals surface area contributed by atoms with Gasteiger partial charge in [-0.15, -0.1) is 0 Å². The summed E-state index contributed by atoms with van der Waals surface area (Å²) in [6.45, 7) is 4.30. The van der Waals surface area contributed by atoms with Crippen molar-refractivity contribution < 1.29 is 9.15 Å². The third kappa shape index (κ3) is 4.85. The molecule has 54 heavy (non-hydrogen) atoms. The molecule has 0 saturated carbocycles. The van der Waals surface area contributed by atoms with Gasteiger partial charge in [0.25, 0.3) is 0 Å². The van der Waals surface area contributed by atoms with E-state index >= 15 is 0 Å². The van der Waals surface area contributed by atoms with Crippen LogP contribution in [0.25, 0.3) is 71.6 Å². The fourth-order valence-corrected chi connectivity index (χ4v) is 8.61. The van der Waals surface area contributed by atoms with Crippen molar-refractivity contribution >= 4 is 54.6 Å². The third-order valence-corrected chi connectivity index (χ3v) is 11.5. The second-order valence-corrected chi connectivity index (χ2v) is 14.7. The summed E-state index contributed by atoms with van der Waals surface area (Å²) >= 11 is 0. The van der Waals surface area contributed by atoms with E-state index in [-0.39, 0.29) is 0 Å². The number of hydrogen-bond acceptors (Lipinski definition) is 4. The summed E-state index contributed by atoms with van der Waals surface area (Å²) in [7, 11) is 0. The van der Waals surface area contributed by atoms with Gasteiger partial charge in [-0.3, -0.25) is 9.55 Å². The highest BCUT2D eigenvalue weighted by Gasteiger charge is 2.25. The average Bonchev–Trinajstić information content (AvgIpc) is 3.91. The first kappa shape index (κ1) is 30.9. The first-order valence-electron chi connectivity index (χ1n) is 18.6. The Bertz CT molecular complexity index is 3120. The van der Waals surface area contributed by atoms with Gasteiger partial charge in [0.1, 0.15) is 22.6 Å². The van der Waals surface area contributed by atoms with E-state index in [1.54, 1.807) is 0 Å². The van der Waals surface area contributed by atoms with E-state index in [0.717, 1.165) is 84.4 Å². The lowest BCUT2D eigenvalue weighted by atomic mass is 9.96. The van der Waals surface area contributed by atoms with Crippen molar-refractivity contribution in [3.63, 3.8) is 0 Å². The second-order valence-electron chi connectivity index (χ2n) is 14.7. The number of nitrogens with zero attached hydrogens (tertiary/aromatic N) is 3. The zero-order valence-electron chi connectivity index (χ0n) is 30.0. The molecule has 1 unspecified atom stereocenters. The lowest BCUT2D eigenvalue weighted by Crippen LogP contribution is -1.98. The Morgan fingerprint density at radius 1 is 0.667 bits per heavy atom. The summed E-state index contributed by atoms with van der Waals surface area (Å²) < 4.78 is 15.8. The zero-order chi connectivity index (χ0) is 35.9. The van der Waals surface area contributed by atoms with Gasteiger partial charge in [0, 0.05) is 45.1 Å². The van der Waals surface area contributed by atoms with Crippen LogP contribution < -0.4 is 4.74 Å². The lowest BCUT2D eigenvalue weighted by Gasteiger charge is -2.12. The number of rotatable bonds is 5. The molecule has 5 nitrogen and oxygen atoms in total. The number of hydrogen-bond donors (Lipinski definition) is 0. The summed E-state index contributed by atoms with van der Waals surface area (Å²) in [6.07, 6.45) is 4.04. The Kier molecular flexibility index (Phi) is 6.80. The molecule has 1 atom stereocenters. The quantitative estimate of drug-likeness (QED) is 0.180. The van der Waals surface area contributed by atoms with Gasteiger partial charge >= 0.3 is 0 Å². The van der Waals surface area contributed by atoms with Crippen molar-refractivity contribution in [3.05, 3.63) is 174 Å². The van der Waals surface area contributed by atoms with Crippen LogP contribution in [0.4, 0.5) is 0 Å². The highest BCUT2D eigenvalue weighted by Crippen LogP contribution is 2.44. The van der Waals surface area contributed by atoms with E-state index in [9.17, 15) is 0 Å². The molecule has 11 rings (SSSR count). The summed E-state index contributed by atoms with van der Waals surface area (Å²) in [4.78, 5) is 10.3. The standard InChI is InChI=1S/C49H35N3O2/c1-29-16-18-36(22-30(29)2)52-44-15-9-8-14-39(44)40-19-21-46(51-49(40)52)53-37-26-41(43-25-34-23-33(24-35(34)28-50-43)31-10-4-3-5-11-31)48-42(27-37)47-38-13-7-6-12-32(38)17-20-45(47)54-48/h3-22,25-28,33H,23-24H2,1-2H3. The van der Waals surface area contributed by atoms with Gasteiger partial charge in [-0.2, -0.15) is 4.98 Å². The Balaban J connectivity index is 1.08. The Morgan fingerprint density at radius 3 is 2.37 bits per heavy atom. The van der Waals surface area contributed by atoms with E-state index in [1.807, 2.05) is 6.07 Å². The largest absolute Gasteiger partial charge is 0.455 e. The summed E-state index contributed by atoms with van der Waals surface area (Å²) in [5.74, 6) is 1.65. The van der Waals surface area contributed by atoms with Gasteiger partial charge in [0.15, 0.2) is 0 Å². The Morgan fingerprint density at radius 2 is 1.48 bits per heavy atom. The highest BCUT2D eigenvalue weighted by atomic mass is 16.5. The molecule has 0 amide bonds. The van der Waals surface area contributed by atoms with Crippen LogP contribution in [0.15, 0.2) is 150 Å². The van der Waals surface area contributed by atoms with E-state index in [2.05, 4.69) is 158 Å². The minimum absolute atomic E-state index is 0.450. The molecule has 0 fully saturated rings. The number of pyridine rings is 2. The molecule has 10 aromatic rings. The molecule has 0 bridgehead atoms. The minimum Gasteiger partial charge on any atom is -0.455 e. The number of fused-ring (bicyclic) bond motifs is 9. The van der Waals surface area contributed by atoms with Gasteiger partial charge in [-0.1, -0.05) is 84.9 Å². The van der Waals surface area contributed by atoms with Gasteiger partial charge in [-0.25, -0.2) is 0 Å². The molecule has 0 aliphatic heterocycles. The van der Waals surface area contributed by atoms with Crippen LogP contribution in [0.1, 0.15) is 33.7 Å². The van der Waals surface area contributed by atoms with E-state index in [4.69, 9.17) is 19.1 Å². The van der Waals surface area contributed by atoms with Crippen molar-refractivity contribution in [1.29, 1.82) is 0 Å². The predicted octanol–water partition coefficient (Wildman–Crippen LogP) is 12.6. The number of aryl methyl sites for hydroxylation is 2. The zero-order valence-corrected chi connectivity index (χ0v) is 30.0. The van der Waals surface area contributed by atoms with Crippen LogP contribution in [0, 0.1) is 13.8 Å². The van der Waals surface area contributed by atoms with Crippen LogP contribution in [0.5, 0.6) is 11.6 Å². The molecule has 258 valence electrons. The summed E-state index contributed by atoms with van der Waals surface area (Å²) in [5.41, 5.74) is 13.0. The average molecular weight is 698 g/mol. The number of para-hydroxylation sites is 1. The van der Waals surface area contributed by atoms with Crippen molar-refractivity contribution in [2.24, 2.45) is 0 Å². The van der Waals surface area contributed by atoms with Crippen LogP contribution in [-0.2, 0) is 12.8 Å². The smallest absolute Gasteiger partial charge is 0.221 e. The van der Waals surface area contributed by atoms with Gasteiger partial charge < -0.3 is 9.15 Å². The number of aromatic nitrogens is 3. The molecular formula is C49H35N3O2. The summed E-state index contributed by atoms with van der Waals surface area (Å²) in [5, 5.41) is 6.59. The molecule has 4 aromatic heterocycles. The maximum absolute atomic E-state index is 6.79. The van der Waals surface area contributed by atoms with Crippen LogP contribution >= 0.6 is 0 Å². The van der Waals surface area contributed by atoms with Gasteiger partial charge in [-0.05, 0) is 120 Å². The van der Waals surface area contributed by atoms with Crippen LogP contribution in [-0.4, -0.2) is 14.5 Å². The molecule has 5 heteroatoms. The Labute approximate surface area is 312 Å². The van der Waals surface area contributed by atoms with Crippen molar-refractivity contribution in [2.75, 3.05) is 0 Å². The number of benzene rings is 6. The second kappa shape index (κ2) is 11.9. The Hall–Kier alpha value is -6.72. The van der Waals surface area contributed by atoms with Crippen LogP contribution in [0.2, 0.25) is 0 Å². The first-order valence-corrected chi connectivity index (χ1v) is 18.6. The maximum Gasteiger partial charge on any atom is 0.221 e. The monoisotopic (exact) mass is 697 g/mol. The number of ether oxygens (including phenoxy) is 1. The molecule has 0 saturated heterocycles. The molecule has 6 aromatic carbocycles. The SMILES string of the molecule is Cc1ccc(-n2c3ccccc3c3ccc(Oc4cc(-c5cc6c(cn5)CC(c5ccccc5)C6)c5oc6ccc7ccccc7c6c5c4)nc32)cc1C. The van der Waals surface area contributed by atoms with E-state index in [0.29, 0.717) is 17.5 Å². The van der Waals surface area contributed by atoms with E-state index in [1.165, 1.54) is 27.8 Å². The van der Waals surface area contributed by atoms with Crippen LogP contribution in [0.3, 0.4) is 0 Å². The molecule has 0 radical (unpaired) electrons. The third-order valence-electron chi connectivity index (χ3n) is 11.5. The summed E-state index contributed by atoms with van der Waals surface area (Å²) in [6, 6.07) is 49.1. The fraction of sp³-hybridized carbons (Fsp3) is 0.102. The molecule has 1 aliphatic rings. The van der Waals surface area contributed by atoms with Crippen molar-refractivity contribution in [2.45, 2.75) is 32.6 Å². The molecule has 0 spiro atoms. The minimum atomic E-state index is 0.450. The first-order chi connectivity index (χ1) is 26.6.